The molecule has 5 heteroatoms. The largest absolute Gasteiger partial charge is 0.481 e. The highest BCUT2D eigenvalue weighted by Gasteiger charge is 2.41. The van der Waals surface area contributed by atoms with Crippen molar-refractivity contribution in [3.05, 3.63) is 35.9 Å². The minimum atomic E-state index is -0.887. The summed E-state index contributed by atoms with van der Waals surface area (Å²) in [6, 6.07) is 8.90. The Kier molecular flexibility index (Phi) is 4.39. The van der Waals surface area contributed by atoms with Crippen LogP contribution in [0.1, 0.15) is 31.2 Å². The van der Waals surface area contributed by atoms with E-state index in [9.17, 15) is 9.59 Å². The van der Waals surface area contributed by atoms with Crippen LogP contribution in [0.4, 0.5) is 0 Å². The molecule has 1 aromatic carbocycles. The molecule has 2 rings (SSSR count). The number of hydrogen-bond acceptors (Lipinski definition) is 3. The van der Waals surface area contributed by atoms with Crippen LogP contribution in [-0.2, 0) is 16.0 Å². The monoisotopic (exact) mass is 276 g/mol. The zero-order chi connectivity index (χ0) is 14.6. The number of aliphatic carboxylic acids is 1. The molecule has 1 aliphatic rings. The average Bonchev–Trinajstić information content (AvgIpc) is 2.36. The van der Waals surface area contributed by atoms with E-state index in [2.05, 4.69) is 5.32 Å². The number of nitrogens with one attached hydrogen (secondary N) is 1. The van der Waals surface area contributed by atoms with Crippen LogP contribution in [0.2, 0.25) is 0 Å². The Hall–Kier alpha value is -1.88. The van der Waals surface area contributed by atoms with E-state index in [-0.39, 0.29) is 12.3 Å². The van der Waals surface area contributed by atoms with Crippen LogP contribution in [-0.4, -0.2) is 28.6 Å². The molecule has 20 heavy (non-hydrogen) atoms. The van der Waals surface area contributed by atoms with Gasteiger partial charge in [0.1, 0.15) is 0 Å². The summed E-state index contributed by atoms with van der Waals surface area (Å²) in [6.45, 7) is 0. The van der Waals surface area contributed by atoms with Gasteiger partial charge in [0, 0.05) is 0 Å². The lowest BCUT2D eigenvalue weighted by Gasteiger charge is -2.42. The minimum absolute atomic E-state index is 0.0310. The number of carboxylic acid groups (broad SMARTS) is 1. The van der Waals surface area contributed by atoms with Gasteiger partial charge >= 0.3 is 5.97 Å². The van der Waals surface area contributed by atoms with Crippen molar-refractivity contribution in [1.29, 1.82) is 0 Å². The maximum atomic E-state index is 12.1. The molecule has 1 aromatic rings. The first-order valence-electron chi connectivity index (χ1n) is 6.84. The van der Waals surface area contributed by atoms with Crippen molar-refractivity contribution in [1.82, 2.24) is 5.32 Å². The first kappa shape index (κ1) is 14.5. The zero-order valence-corrected chi connectivity index (χ0v) is 11.3. The van der Waals surface area contributed by atoms with Gasteiger partial charge in [0.05, 0.1) is 18.0 Å². The predicted molar refractivity (Wildman–Crippen MR) is 75.1 cm³/mol. The molecule has 1 saturated carbocycles. The lowest BCUT2D eigenvalue weighted by Crippen LogP contribution is -2.58. The SMILES string of the molecule is N[C@H](Cc1ccccc1)C(=O)NC1(CC(=O)O)CCC1. The van der Waals surface area contributed by atoms with Crippen LogP contribution in [0.15, 0.2) is 30.3 Å². The van der Waals surface area contributed by atoms with Crippen LogP contribution >= 0.6 is 0 Å². The third-order valence-corrected chi connectivity index (χ3v) is 3.82. The highest BCUT2D eigenvalue weighted by molar-refractivity contribution is 5.83. The van der Waals surface area contributed by atoms with Crippen molar-refractivity contribution in [3.8, 4) is 0 Å². The van der Waals surface area contributed by atoms with Gasteiger partial charge in [-0.2, -0.15) is 0 Å². The molecular weight excluding hydrogens is 256 g/mol. The van der Waals surface area contributed by atoms with Gasteiger partial charge in [0.25, 0.3) is 0 Å². The fourth-order valence-electron chi connectivity index (χ4n) is 2.55. The molecule has 0 aliphatic heterocycles. The minimum Gasteiger partial charge on any atom is -0.481 e. The van der Waals surface area contributed by atoms with Crippen molar-refractivity contribution in [2.24, 2.45) is 5.73 Å². The molecule has 0 unspecified atom stereocenters. The molecule has 1 fully saturated rings. The number of benzene rings is 1. The highest BCUT2D eigenvalue weighted by atomic mass is 16.4. The second kappa shape index (κ2) is 6.05. The fraction of sp³-hybridized carbons (Fsp3) is 0.467. The molecule has 4 N–H and O–H groups in total. The normalized spacial score (nSPS) is 17.9. The van der Waals surface area contributed by atoms with Gasteiger partial charge in [-0.25, -0.2) is 0 Å². The van der Waals surface area contributed by atoms with E-state index < -0.39 is 17.6 Å². The predicted octanol–water partition coefficient (Wildman–Crippen LogP) is 1.07. The summed E-state index contributed by atoms with van der Waals surface area (Å²) >= 11 is 0. The third-order valence-electron chi connectivity index (χ3n) is 3.82. The number of nitrogens with two attached hydrogens (primary N) is 1. The summed E-state index contributed by atoms with van der Waals surface area (Å²) in [5.74, 6) is -1.16. The van der Waals surface area contributed by atoms with E-state index in [1.165, 1.54) is 0 Å². The Bertz CT molecular complexity index is 483. The Morgan fingerprint density at radius 2 is 1.95 bits per heavy atom. The van der Waals surface area contributed by atoms with E-state index in [0.29, 0.717) is 19.3 Å². The third kappa shape index (κ3) is 3.57. The van der Waals surface area contributed by atoms with Crippen LogP contribution in [0, 0.1) is 0 Å². The van der Waals surface area contributed by atoms with E-state index in [1.54, 1.807) is 0 Å². The molecule has 5 nitrogen and oxygen atoms in total. The van der Waals surface area contributed by atoms with Crippen molar-refractivity contribution in [3.63, 3.8) is 0 Å². The Morgan fingerprint density at radius 1 is 1.30 bits per heavy atom. The number of carbonyl (C=O) groups is 2. The highest BCUT2D eigenvalue weighted by Crippen LogP contribution is 2.34. The van der Waals surface area contributed by atoms with E-state index in [1.807, 2.05) is 30.3 Å². The van der Waals surface area contributed by atoms with Crippen LogP contribution in [0.5, 0.6) is 0 Å². The molecule has 0 saturated heterocycles. The van der Waals surface area contributed by atoms with Gasteiger partial charge in [-0.3, -0.25) is 9.59 Å². The van der Waals surface area contributed by atoms with Crippen molar-refractivity contribution >= 4 is 11.9 Å². The van der Waals surface area contributed by atoms with Gasteiger partial charge in [0.2, 0.25) is 5.91 Å². The number of rotatable bonds is 6. The van der Waals surface area contributed by atoms with Crippen molar-refractivity contribution in [2.45, 2.75) is 43.7 Å². The number of carbonyl (C=O) groups excluding carboxylic acids is 1. The van der Waals surface area contributed by atoms with Crippen LogP contribution in [0.25, 0.3) is 0 Å². The fourth-order valence-corrected chi connectivity index (χ4v) is 2.55. The first-order valence-corrected chi connectivity index (χ1v) is 6.84. The van der Waals surface area contributed by atoms with E-state index in [4.69, 9.17) is 10.8 Å². The van der Waals surface area contributed by atoms with Gasteiger partial charge in [-0.05, 0) is 31.2 Å². The molecular formula is C15H20N2O3. The standard InChI is InChI=1S/C15H20N2O3/c16-12(9-11-5-2-1-3-6-11)14(20)17-15(7-4-8-15)10-13(18)19/h1-3,5-6,12H,4,7-10,16H2,(H,17,20)(H,18,19)/t12-/m1/s1. The molecule has 1 atom stereocenters. The Balaban J connectivity index is 1.92. The Morgan fingerprint density at radius 3 is 2.45 bits per heavy atom. The summed E-state index contributed by atoms with van der Waals surface area (Å²) in [7, 11) is 0. The maximum Gasteiger partial charge on any atom is 0.305 e. The lowest BCUT2D eigenvalue weighted by molar-refractivity contribution is -0.140. The second-order valence-electron chi connectivity index (χ2n) is 5.49. The van der Waals surface area contributed by atoms with Crippen LogP contribution in [0.3, 0.4) is 0 Å². The van der Waals surface area contributed by atoms with Crippen molar-refractivity contribution in [2.75, 3.05) is 0 Å². The molecule has 0 radical (unpaired) electrons. The Labute approximate surface area is 118 Å². The number of carboxylic acids is 1. The average molecular weight is 276 g/mol. The van der Waals surface area contributed by atoms with Gasteiger partial charge < -0.3 is 16.2 Å². The molecule has 0 bridgehead atoms. The summed E-state index contributed by atoms with van der Waals surface area (Å²) in [6.07, 6.45) is 2.79. The number of amides is 1. The summed E-state index contributed by atoms with van der Waals surface area (Å²) in [4.78, 5) is 23.0. The summed E-state index contributed by atoms with van der Waals surface area (Å²) in [5.41, 5.74) is 6.32. The number of hydrogen-bond donors (Lipinski definition) is 3. The summed E-state index contributed by atoms with van der Waals surface area (Å²) in [5, 5.41) is 11.8. The van der Waals surface area contributed by atoms with Crippen molar-refractivity contribution < 1.29 is 14.7 Å². The topological polar surface area (TPSA) is 92.4 Å². The lowest BCUT2D eigenvalue weighted by atomic mass is 9.74. The van der Waals surface area contributed by atoms with E-state index in [0.717, 1.165) is 12.0 Å². The summed E-state index contributed by atoms with van der Waals surface area (Å²) < 4.78 is 0. The molecule has 0 heterocycles. The second-order valence-corrected chi connectivity index (χ2v) is 5.49. The molecule has 108 valence electrons. The van der Waals surface area contributed by atoms with Gasteiger partial charge in [0.15, 0.2) is 0 Å². The zero-order valence-electron chi connectivity index (χ0n) is 11.3. The van der Waals surface area contributed by atoms with Gasteiger partial charge in [-0.1, -0.05) is 30.3 Å². The molecule has 1 aliphatic carbocycles. The maximum absolute atomic E-state index is 12.1. The first-order chi connectivity index (χ1) is 9.51. The van der Waals surface area contributed by atoms with Gasteiger partial charge in [-0.15, -0.1) is 0 Å². The molecule has 0 aromatic heterocycles. The molecule has 1 amide bonds. The molecule has 0 spiro atoms. The van der Waals surface area contributed by atoms with E-state index >= 15 is 0 Å². The quantitative estimate of drug-likeness (QED) is 0.724. The van der Waals surface area contributed by atoms with Crippen LogP contribution < -0.4 is 11.1 Å². The smallest absolute Gasteiger partial charge is 0.305 e.